The Hall–Kier alpha value is -2.85. The number of benzene rings is 3. The predicted molar refractivity (Wildman–Crippen MR) is 106 cm³/mol. The number of hydrogen-bond donors (Lipinski definition) is 1. The first kappa shape index (κ1) is 18.0. The Balaban J connectivity index is 1.71. The van der Waals surface area contributed by atoms with Crippen molar-refractivity contribution in [2.24, 2.45) is 0 Å². The summed E-state index contributed by atoms with van der Waals surface area (Å²) in [5, 5.41) is 3.40. The molecule has 0 aliphatic rings. The third kappa shape index (κ3) is 4.41. The normalized spacial score (nSPS) is 10.8. The molecule has 0 atom stereocenters. The SMILES string of the molecule is COc1cc(-c2ccc(Nc3ccc(CN(C)C)cc3)cc2)ccc1F. The molecule has 0 aromatic heterocycles. The van der Waals surface area contributed by atoms with Gasteiger partial charge in [-0.3, -0.25) is 0 Å². The topological polar surface area (TPSA) is 24.5 Å². The lowest BCUT2D eigenvalue weighted by Gasteiger charge is -2.12. The number of hydrogen-bond acceptors (Lipinski definition) is 3. The molecular weight excluding hydrogens is 327 g/mol. The van der Waals surface area contributed by atoms with Gasteiger partial charge in [0.15, 0.2) is 11.6 Å². The predicted octanol–water partition coefficient (Wildman–Crippen LogP) is 5.31. The van der Waals surface area contributed by atoms with E-state index < -0.39 is 0 Å². The largest absolute Gasteiger partial charge is 0.494 e. The molecule has 0 aliphatic heterocycles. The van der Waals surface area contributed by atoms with E-state index in [-0.39, 0.29) is 11.6 Å². The third-order valence-corrected chi connectivity index (χ3v) is 4.11. The van der Waals surface area contributed by atoms with E-state index in [1.807, 2.05) is 24.3 Å². The zero-order valence-corrected chi connectivity index (χ0v) is 15.3. The van der Waals surface area contributed by atoms with Crippen LogP contribution in [0.4, 0.5) is 15.8 Å². The summed E-state index contributed by atoms with van der Waals surface area (Å²) in [5.74, 6) is -0.102. The average molecular weight is 350 g/mol. The Morgan fingerprint density at radius 3 is 2.00 bits per heavy atom. The van der Waals surface area contributed by atoms with Crippen LogP contribution in [0.25, 0.3) is 11.1 Å². The minimum Gasteiger partial charge on any atom is -0.494 e. The van der Waals surface area contributed by atoms with E-state index in [0.717, 1.165) is 29.0 Å². The number of nitrogens with zero attached hydrogens (tertiary/aromatic N) is 1. The van der Waals surface area contributed by atoms with Crippen LogP contribution in [0.3, 0.4) is 0 Å². The second kappa shape index (κ2) is 8.02. The molecule has 1 N–H and O–H groups in total. The first-order valence-corrected chi connectivity index (χ1v) is 8.50. The maximum absolute atomic E-state index is 13.6. The van der Waals surface area contributed by atoms with Crippen molar-refractivity contribution in [3.63, 3.8) is 0 Å². The van der Waals surface area contributed by atoms with E-state index in [1.54, 1.807) is 12.1 Å². The number of halogens is 1. The molecule has 0 fully saturated rings. The standard InChI is InChI=1S/C22H23FN2O/c1-25(2)15-16-4-9-19(10-5-16)24-20-11-6-17(7-12-20)18-8-13-21(23)22(14-18)26-3/h4-14,24H,15H2,1-3H3. The van der Waals surface area contributed by atoms with E-state index in [4.69, 9.17) is 4.74 Å². The maximum Gasteiger partial charge on any atom is 0.165 e. The van der Waals surface area contributed by atoms with Crippen LogP contribution in [0.15, 0.2) is 66.7 Å². The molecule has 0 spiro atoms. The Morgan fingerprint density at radius 2 is 1.42 bits per heavy atom. The average Bonchev–Trinajstić information content (AvgIpc) is 2.64. The molecule has 3 aromatic carbocycles. The monoisotopic (exact) mass is 350 g/mol. The molecule has 4 heteroatoms. The molecule has 134 valence electrons. The fourth-order valence-electron chi connectivity index (χ4n) is 2.81. The minimum atomic E-state index is -0.354. The minimum absolute atomic E-state index is 0.252. The molecule has 3 rings (SSSR count). The summed E-state index contributed by atoms with van der Waals surface area (Å²) in [4.78, 5) is 2.14. The van der Waals surface area contributed by atoms with E-state index in [0.29, 0.717) is 0 Å². The van der Waals surface area contributed by atoms with E-state index >= 15 is 0 Å². The molecule has 0 heterocycles. The highest BCUT2D eigenvalue weighted by molar-refractivity contribution is 5.69. The first-order valence-electron chi connectivity index (χ1n) is 8.50. The van der Waals surface area contributed by atoms with Crippen molar-refractivity contribution < 1.29 is 9.13 Å². The van der Waals surface area contributed by atoms with Crippen molar-refractivity contribution in [1.29, 1.82) is 0 Å². The van der Waals surface area contributed by atoms with Crippen molar-refractivity contribution in [1.82, 2.24) is 4.90 Å². The zero-order chi connectivity index (χ0) is 18.5. The van der Waals surface area contributed by atoms with Gasteiger partial charge in [-0.25, -0.2) is 4.39 Å². The van der Waals surface area contributed by atoms with Crippen LogP contribution in [0.1, 0.15) is 5.56 Å². The zero-order valence-electron chi connectivity index (χ0n) is 15.3. The van der Waals surface area contributed by atoms with Gasteiger partial charge >= 0.3 is 0 Å². The van der Waals surface area contributed by atoms with Gasteiger partial charge in [-0.15, -0.1) is 0 Å². The van der Waals surface area contributed by atoms with Crippen molar-refractivity contribution in [3.05, 3.63) is 78.1 Å². The highest BCUT2D eigenvalue weighted by atomic mass is 19.1. The Kier molecular flexibility index (Phi) is 5.54. The quantitative estimate of drug-likeness (QED) is 0.652. The number of rotatable bonds is 6. The van der Waals surface area contributed by atoms with Crippen LogP contribution in [0, 0.1) is 5.82 Å². The fraction of sp³-hybridized carbons (Fsp3) is 0.182. The van der Waals surface area contributed by atoms with Crippen molar-refractivity contribution in [3.8, 4) is 16.9 Å². The van der Waals surface area contributed by atoms with Gasteiger partial charge in [-0.05, 0) is 67.2 Å². The second-order valence-corrected chi connectivity index (χ2v) is 6.49. The van der Waals surface area contributed by atoms with E-state index in [9.17, 15) is 4.39 Å². The second-order valence-electron chi connectivity index (χ2n) is 6.49. The first-order chi connectivity index (χ1) is 12.5. The molecule has 3 nitrogen and oxygen atoms in total. The number of methoxy groups -OCH3 is 1. The summed E-state index contributed by atoms with van der Waals surface area (Å²) in [6, 6.07) is 21.3. The molecule has 0 unspecified atom stereocenters. The van der Waals surface area contributed by atoms with Gasteiger partial charge in [0.05, 0.1) is 7.11 Å². The number of nitrogens with one attached hydrogen (secondary N) is 1. The summed E-state index contributed by atoms with van der Waals surface area (Å²) >= 11 is 0. The lowest BCUT2D eigenvalue weighted by Crippen LogP contribution is -2.10. The van der Waals surface area contributed by atoms with Gasteiger partial charge in [0.2, 0.25) is 0 Å². The molecule has 0 aliphatic carbocycles. The fourth-order valence-corrected chi connectivity index (χ4v) is 2.81. The molecule has 3 aromatic rings. The number of anilines is 2. The summed E-state index contributed by atoms with van der Waals surface area (Å²) < 4.78 is 18.6. The van der Waals surface area contributed by atoms with Crippen molar-refractivity contribution >= 4 is 11.4 Å². The Labute approximate surface area is 154 Å². The Bertz CT molecular complexity index is 858. The van der Waals surface area contributed by atoms with Crippen LogP contribution in [0.5, 0.6) is 5.75 Å². The van der Waals surface area contributed by atoms with E-state index in [1.165, 1.54) is 18.7 Å². The lowest BCUT2D eigenvalue weighted by molar-refractivity contribution is 0.387. The summed E-state index contributed by atoms with van der Waals surface area (Å²) in [6.45, 7) is 0.927. The molecule has 0 amide bonds. The summed E-state index contributed by atoms with van der Waals surface area (Å²) in [7, 11) is 5.59. The molecule has 26 heavy (non-hydrogen) atoms. The molecule has 0 radical (unpaired) electrons. The molecular formula is C22H23FN2O. The van der Waals surface area contributed by atoms with Crippen molar-refractivity contribution in [2.75, 3.05) is 26.5 Å². The van der Waals surface area contributed by atoms with Crippen LogP contribution in [-0.4, -0.2) is 26.1 Å². The van der Waals surface area contributed by atoms with Gasteiger partial charge in [0.1, 0.15) is 0 Å². The molecule has 0 bridgehead atoms. The maximum atomic E-state index is 13.6. The van der Waals surface area contributed by atoms with Gasteiger partial charge in [0.25, 0.3) is 0 Å². The van der Waals surface area contributed by atoms with Gasteiger partial charge < -0.3 is 15.0 Å². The van der Waals surface area contributed by atoms with Crippen LogP contribution in [-0.2, 0) is 6.54 Å². The van der Waals surface area contributed by atoms with Crippen LogP contribution in [0.2, 0.25) is 0 Å². The van der Waals surface area contributed by atoms with Gasteiger partial charge in [-0.2, -0.15) is 0 Å². The van der Waals surface area contributed by atoms with Gasteiger partial charge in [0, 0.05) is 17.9 Å². The molecule has 0 saturated carbocycles. The van der Waals surface area contributed by atoms with Crippen LogP contribution < -0.4 is 10.1 Å². The highest BCUT2D eigenvalue weighted by Crippen LogP contribution is 2.28. The molecule has 0 saturated heterocycles. The Morgan fingerprint density at radius 1 is 0.846 bits per heavy atom. The summed E-state index contributed by atoms with van der Waals surface area (Å²) in [6.07, 6.45) is 0. The van der Waals surface area contributed by atoms with Gasteiger partial charge in [-0.1, -0.05) is 30.3 Å². The van der Waals surface area contributed by atoms with Crippen LogP contribution >= 0.6 is 0 Å². The number of ether oxygens (including phenoxy) is 1. The van der Waals surface area contributed by atoms with E-state index in [2.05, 4.69) is 48.6 Å². The lowest BCUT2D eigenvalue weighted by atomic mass is 10.0. The third-order valence-electron chi connectivity index (χ3n) is 4.11. The van der Waals surface area contributed by atoms with Crippen molar-refractivity contribution in [2.45, 2.75) is 6.54 Å². The smallest absolute Gasteiger partial charge is 0.165 e. The highest BCUT2D eigenvalue weighted by Gasteiger charge is 2.05. The summed E-state index contributed by atoms with van der Waals surface area (Å²) in [5.41, 5.74) is 5.26.